The predicted octanol–water partition coefficient (Wildman–Crippen LogP) is 7.79. The van der Waals surface area contributed by atoms with Crippen LogP contribution in [-0.2, 0) is 30.1 Å². The van der Waals surface area contributed by atoms with Gasteiger partial charge in [-0.05, 0) is 62.2 Å². The van der Waals surface area contributed by atoms with E-state index in [1.807, 2.05) is 60.9 Å². The molecule has 16 nitrogen and oxygen atoms in total. The number of nitrogens with one attached hydrogen (secondary N) is 4. The Hall–Kier alpha value is -5.88. The van der Waals surface area contributed by atoms with Crippen molar-refractivity contribution in [1.82, 2.24) is 50.3 Å². The molecule has 2 aliphatic carbocycles. The molecular formula is C46H52N10O6S2. The zero-order chi connectivity index (χ0) is 44.7. The van der Waals surface area contributed by atoms with Crippen molar-refractivity contribution in [2.45, 2.75) is 89.4 Å². The summed E-state index contributed by atoms with van der Waals surface area (Å²) < 4.78 is 11.7. The number of amides is 4. The van der Waals surface area contributed by atoms with Gasteiger partial charge in [-0.3, -0.25) is 9.59 Å². The van der Waals surface area contributed by atoms with Crippen molar-refractivity contribution in [3.8, 4) is 33.6 Å². The number of nitrogens with zero attached hydrogens (tertiary/aromatic N) is 6. The summed E-state index contributed by atoms with van der Waals surface area (Å²) in [7, 11) is 2.61. The number of methoxy groups -OCH3 is 2. The Morgan fingerprint density at radius 3 is 1.44 bits per heavy atom. The SMILES string of the molecule is COC(=O)N[C@H](C(=O)N1C[C@H]2CCC1(c1ncc(-c3ccc(-c4ccc(-c5cnc([C@]67CC[C@H](CN6C(=O)[C@@H](NC(=O)OC)C(C)C)C7)[nH]5)c5scnc45)c4ncsc34)[nH]1)C2)C(C)C. The first-order chi connectivity index (χ1) is 30.8. The van der Waals surface area contributed by atoms with E-state index in [1.54, 1.807) is 22.7 Å². The summed E-state index contributed by atoms with van der Waals surface area (Å²) in [5, 5.41) is 5.54. The van der Waals surface area contributed by atoms with Crippen LogP contribution >= 0.6 is 22.7 Å². The third-order valence-corrected chi connectivity index (χ3v) is 16.0. The highest BCUT2D eigenvalue weighted by molar-refractivity contribution is 7.17. The maximum atomic E-state index is 14.1. The normalized spacial score (nSPS) is 23.4. The van der Waals surface area contributed by atoms with Gasteiger partial charge < -0.3 is 39.9 Å². The van der Waals surface area contributed by atoms with Gasteiger partial charge in [0.1, 0.15) is 34.8 Å². The lowest BCUT2D eigenvalue weighted by molar-refractivity contribution is -0.141. The van der Waals surface area contributed by atoms with Crippen LogP contribution in [0.3, 0.4) is 0 Å². The zero-order valence-corrected chi connectivity index (χ0v) is 38.3. The number of rotatable bonds is 11. The van der Waals surface area contributed by atoms with Gasteiger partial charge in [-0.1, -0.05) is 52.0 Å². The fourth-order valence-corrected chi connectivity index (χ4v) is 12.8. The largest absolute Gasteiger partial charge is 0.453 e. The lowest BCUT2D eigenvalue weighted by Crippen LogP contribution is -2.56. The molecule has 6 heterocycles. The number of ether oxygens (including phenoxy) is 2. The van der Waals surface area contributed by atoms with E-state index in [4.69, 9.17) is 29.4 Å². The van der Waals surface area contributed by atoms with Crippen molar-refractivity contribution in [3.63, 3.8) is 0 Å². The van der Waals surface area contributed by atoms with E-state index in [-0.39, 0.29) is 23.7 Å². The molecule has 2 saturated heterocycles. The highest BCUT2D eigenvalue weighted by Gasteiger charge is 2.58. The molecule has 1 unspecified atom stereocenters. The van der Waals surface area contributed by atoms with Crippen LogP contribution in [0.4, 0.5) is 9.59 Å². The minimum Gasteiger partial charge on any atom is -0.453 e. The number of carbonyl (C=O) groups excluding carboxylic acids is 4. The number of thiazole rings is 2. The monoisotopic (exact) mass is 904 g/mol. The van der Waals surface area contributed by atoms with Crippen LogP contribution in [0.1, 0.15) is 77.9 Å². The van der Waals surface area contributed by atoms with Crippen LogP contribution in [0.25, 0.3) is 54.1 Å². The van der Waals surface area contributed by atoms with Gasteiger partial charge in [0, 0.05) is 35.3 Å². The van der Waals surface area contributed by atoms with E-state index < -0.39 is 35.3 Å². The summed E-state index contributed by atoms with van der Waals surface area (Å²) in [5.41, 5.74) is 9.84. The molecule has 18 heteroatoms. The number of benzene rings is 2. The number of piperidine rings is 2. The lowest BCUT2D eigenvalue weighted by Gasteiger charge is -2.40. The Morgan fingerprint density at radius 1 is 0.656 bits per heavy atom. The highest BCUT2D eigenvalue weighted by atomic mass is 32.1. The zero-order valence-electron chi connectivity index (χ0n) is 36.7. The van der Waals surface area contributed by atoms with E-state index in [0.717, 1.165) is 104 Å². The highest BCUT2D eigenvalue weighted by Crippen LogP contribution is 2.54. The second-order valence-corrected chi connectivity index (χ2v) is 20.3. The number of aromatic nitrogens is 6. The number of hydrogen-bond acceptors (Lipinski definition) is 12. The topological polar surface area (TPSA) is 200 Å². The molecule has 334 valence electrons. The average molecular weight is 905 g/mol. The fourth-order valence-electron chi connectivity index (χ4n) is 11.1. The van der Waals surface area contributed by atoms with Crippen molar-refractivity contribution in [2.75, 3.05) is 27.3 Å². The molecule has 2 aliphatic heterocycles. The first kappa shape index (κ1) is 42.1. The predicted molar refractivity (Wildman–Crippen MR) is 243 cm³/mol. The summed E-state index contributed by atoms with van der Waals surface area (Å²) >= 11 is 3.14. The molecule has 2 aromatic carbocycles. The molecule has 64 heavy (non-hydrogen) atoms. The first-order valence-corrected chi connectivity index (χ1v) is 23.8. The minimum atomic E-state index is -0.713. The van der Waals surface area contributed by atoms with Crippen LogP contribution < -0.4 is 10.6 Å². The number of imidazole rings is 2. The van der Waals surface area contributed by atoms with Crippen molar-refractivity contribution in [2.24, 2.45) is 23.7 Å². The smallest absolute Gasteiger partial charge is 0.407 e. The minimum absolute atomic E-state index is 0.118. The summed E-state index contributed by atoms with van der Waals surface area (Å²) in [6.07, 6.45) is 7.71. The molecule has 4 N–H and O–H groups in total. The Bertz CT molecular complexity index is 2620. The van der Waals surface area contributed by atoms with Gasteiger partial charge in [0.05, 0.1) is 69.5 Å². The van der Waals surface area contributed by atoms with Crippen LogP contribution in [0, 0.1) is 23.7 Å². The van der Waals surface area contributed by atoms with E-state index in [2.05, 4.69) is 44.9 Å². The number of H-pyrrole nitrogens is 2. The second kappa shape index (κ2) is 16.0. The maximum Gasteiger partial charge on any atom is 0.407 e. The third-order valence-electron chi connectivity index (χ3n) is 14.3. The molecule has 10 rings (SSSR count). The molecular weight excluding hydrogens is 853 g/mol. The number of fused-ring (bicyclic) bond motifs is 6. The van der Waals surface area contributed by atoms with Gasteiger partial charge in [-0.2, -0.15) is 0 Å². The van der Waals surface area contributed by atoms with Crippen LogP contribution in [-0.4, -0.2) is 103 Å². The fraction of sp³-hybridized carbons (Fsp3) is 0.478. The maximum absolute atomic E-state index is 14.1. The van der Waals surface area contributed by atoms with Crippen molar-refractivity contribution >= 4 is 67.1 Å². The molecule has 4 fully saturated rings. The summed E-state index contributed by atoms with van der Waals surface area (Å²) in [6.45, 7) is 8.94. The molecule has 6 atom stereocenters. The summed E-state index contributed by atoms with van der Waals surface area (Å²) in [6, 6.07) is 6.98. The van der Waals surface area contributed by atoms with Gasteiger partial charge in [0.15, 0.2) is 0 Å². The molecule has 0 radical (unpaired) electrons. The standard InChI is InChI=1S/C46H52N10O6S2/c1-23(2)33(53-43(59)61-5)39(57)55-19-25-11-13-45(55,15-25)41-47-17-31(51-41)29-9-7-27(35-37(29)63-21-49-35)28-8-10-30(38-36(28)50-22-64-38)32-18-48-42(52-32)46-14-12-26(16-46)20-56(46)40(58)34(24(3)4)54-44(60)62-6/h7-10,17-18,21-26,33-34H,11-16,19-20H2,1-6H3,(H,47,51)(H,48,52)(H,53,59)(H,54,60)/t25-,26-,33-,34-,45+,46?/m0/s1. The Morgan fingerprint density at radius 2 is 1.06 bits per heavy atom. The lowest BCUT2D eigenvalue weighted by atomic mass is 9.93. The number of hydrogen-bond donors (Lipinski definition) is 4. The Labute approximate surface area is 378 Å². The van der Waals surface area contributed by atoms with Crippen LogP contribution in [0.2, 0.25) is 0 Å². The average Bonchev–Trinajstić information content (AvgIpc) is 4.15. The van der Waals surface area contributed by atoms with Crippen molar-refractivity contribution < 1.29 is 28.7 Å². The molecule has 2 saturated carbocycles. The summed E-state index contributed by atoms with van der Waals surface area (Å²) in [4.78, 5) is 83.6. The third kappa shape index (κ3) is 6.65. The number of carbonyl (C=O) groups is 4. The number of likely N-dealkylation sites (tertiary alicyclic amines) is 2. The van der Waals surface area contributed by atoms with Crippen molar-refractivity contribution in [3.05, 3.63) is 59.3 Å². The van der Waals surface area contributed by atoms with E-state index in [1.165, 1.54) is 14.2 Å². The second-order valence-electron chi connectivity index (χ2n) is 18.6. The van der Waals surface area contributed by atoms with E-state index in [9.17, 15) is 19.2 Å². The molecule has 6 aromatic rings. The Balaban J connectivity index is 0.942. The number of aromatic amines is 2. The van der Waals surface area contributed by atoms with Gasteiger partial charge in [0.25, 0.3) is 0 Å². The summed E-state index contributed by atoms with van der Waals surface area (Å²) in [5.74, 6) is 1.76. The van der Waals surface area contributed by atoms with Gasteiger partial charge in [0.2, 0.25) is 11.8 Å². The van der Waals surface area contributed by atoms with Crippen molar-refractivity contribution in [1.29, 1.82) is 0 Å². The van der Waals surface area contributed by atoms with Gasteiger partial charge in [-0.15, -0.1) is 22.7 Å². The molecule has 4 amide bonds. The molecule has 4 bridgehead atoms. The number of alkyl carbamates (subject to hydrolysis) is 2. The van der Waals surface area contributed by atoms with Crippen LogP contribution in [0.5, 0.6) is 0 Å². The first-order valence-electron chi connectivity index (χ1n) is 22.0. The van der Waals surface area contributed by atoms with Gasteiger partial charge >= 0.3 is 12.2 Å². The Kier molecular flexibility index (Phi) is 10.5. The van der Waals surface area contributed by atoms with Crippen LogP contribution in [0.15, 0.2) is 47.7 Å². The quantitative estimate of drug-likeness (QED) is 0.0995. The molecule has 4 aliphatic rings. The van der Waals surface area contributed by atoms with E-state index >= 15 is 0 Å². The molecule has 4 aromatic heterocycles. The van der Waals surface area contributed by atoms with Gasteiger partial charge in [-0.25, -0.2) is 29.5 Å². The molecule has 0 spiro atoms. The van der Waals surface area contributed by atoms with E-state index in [0.29, 0.717) is 24.9 Å².